The SMILES string of the molecule is Nc1nc(N)c2ncn([C@@H]3O[C@H](COCc4ccccc4)[C@@H](O[C@H]4O[C@H](CO)[C@@H](OCc5ccccc5)[C@H](OCc5ccccc5)[C@H]4O)[C@H]3O)c2n1. The van der Waals surface area contributed by atoms with E-state index in [-0.39, 0.29) is 49.4 Å². The van der Waals surface area contributed by atoms with Crippen molar-refractivity contribution in [3.8, 4) is 0 Å². The lowest BCUT2D eigenvalue weighted by Crippen LogP contribution is -2.62. The number of ether oxygens (including phenoxy) is 6. The van der Waals surface area contributed by atoms with Crippen LogP contribution in [0.2, 0.25) is 0 Å². The fraction of sp³-hybridized carbons (Fsp3) is 0.378. The lowest BCUT2D eigenvalue weighted by molar-refractivity contribution is -0.331. The predicted octanol–water partition coefficient (Wildman–Crippen LogP) is 2.10. The van der Waals surface area contributed by atoms with Gasteiger partial charge in [-0.05, 0) is 16.7 Å². The van der Waals surface area contributed by atoms with Crippen molar-refractivity contribution in [2.45, 2.75) is 75.1 Å². The number of anilines is 2. The Bertz CT molecular complexity index is 1870. The highest BCUT2D eigenvalue weighted by Gasteiger charge is 2.52. The minimum atomic E-state index is -1.41. The molecule has 2 aromatic heterocycles. The first-order chi connectivity index (χ1) is 25.4. The standard InChI is InChI=1S/C37H42N6O9/c38-33-27-34(42-37(39)41-33)43(21-40-27)35-28(45)30(26(50-35)20-47-17-22-10-4-1-5-11-22)52-36-29(46)32(49-19-24-14-8-3-9-15-24)31(25(16-44)51-36)48-18-23-12-6-2-7-13-23/h1-15,21,25-26,28-32,35-36,44-46H,16-20H2,(H4,38,39,41,42)/t25-,26-,28-,29-,30-,31-,32-,35-,36-/m1/s1. The van der Waals surface area contributed by atoms with Gasteiger partial charge >= 0.3 is 0 Å². The second-order valence-electron chi connectivity index (χ2n) is 12.7. The van der Waals surface area contributed by atoms with E-state index in [0.29, 0.717) is 0 Å². The van der Waals surface area contributed by atoms with Crippen LogP contribution in [0.15, 0.2) is 97.3 Å². The van der Waals surface area contributed by atoms with Crippen LogP contribution in [0.1, 0.15) is 22.9 Å². The maximum absolute atomic E-state index is 11.8. The Hall–Kier alpha value is -4.55. The number of aromatic nitrogens is 4. The van der Waals surface area contributed by atoms with E-state index in [4.69, 9.17) is 39.9 Å². The molecular formula is C37H42N6O9. The van der Waals surface area contributed by atoms with Crippen LogP contribution in [0.5, 0.6) is 0 Å². The number of aliphatic hydroxyl groups is 3. The molecule has 52 heavy (non-hydrogen) atoms. The molecule has 2 aliphatic heterocycles. The van der Waals surface area contributed by atoms with Crippen molar-refractivity contribution >= 4 is 22.9 Å². The minimum absolute atomic E-state index is 0.00199. The molecule has 9 atom stereocenters. The Morgan fingerprint density at radius 1 is 0.692 bits per heavy atom. The number of hydrogen-bond donors (Lipinski definition) is 5. The quantitative estimate of drug-likeness (QED) is 0.112. The Morgan fingerprint density at radius 2 is 1.29 bits per heavy atom. The zero-order chi connectivity index (χ0) is 36.0. The summed E-state index contributed by atoms with van der Waals surface area (Å²) in [4.78, 5) is 12.6. The molecule has 2 aliphatic rings. The van der Waals surface area contributed by atoms with E-state index in [1.165, 1.54) is 10.9 Å². The first-order valence-electron chi connectivity index (χ1n) is 17.0. The lowest BCUT2D eigenvalue weighted by atomic mass is 9.98. The predicted molar refractivity (Wildman–Crippen MR) is 187 cm³/mol. The molecule has 5 aromatic rings. The van der Waals surface area contributed by atoms with Crippen LogP contribution in [0, 0.1) is 0 Å². The first kappa shape index (κ1) is 35.8. The summed E-state index contributed by atoms with van der Waals surface area (Å²) in [5, 5.41) is 34.2. The van der Waals surface area contributed by atoms with Gasteiger partial charge in [0.2, 0.25) is 5.95 Å². The maximum atomic E-state index is 11.8. The third-order valence-electron chi connectivity index (χ3n) is 9.10. The van der Waals surface area contributed by atoms with Gasteiger partial charge in [0.05, 0.1) is 39.4 Å². The molecule has 0 amide bonds. The zero-order valence-corrected chi connectivity index (χ0v) is 28.2. The molecule has 0 saturated carbocycles. The number of nitrogens with two attached hydrogens (primary N) is 2. The molecule has 15 nitrogen and oxygen atoms in total. The molecule has 7 rings (SSSR count). The van der Waals surface area contributed by atoms with Gasteiger partial charge in [0.25, 0.3) is 0 Å². The van der Waals surface area contributed by atoms with E-state index >= 15 is 0 Å². The van der Waals surface area contributed by atoms with Gasteiger partial charge in [-0.25, -0.2) is 4.98 Å². The molecule has 0 radical (unpaired) electrons. The summed E-state index contributed by atoms with van der Waals surface area (Å²) in [7, 11) is 0. The van der Waals surface area contributed by atoms with Crippen LogP contribution in [0.3, 0.4) is 0 Å². The number of aliphatic hydroxyl groups excluding tert-OH is 3. The molecule has 15 heteroatoms. The monoisotopic (exact) mass is 714 g/mol. The minimum Gasteiger partial charge on any atom is -0.394 e. The summed E-state index contributed by atoms with van der Waals surface area (Å²) in [6.45, 7) is 0.143. The third-order valence-corrected chi connectivity index (χ3v) is 9.10. The van der Waals surface area contributed by atoms with E-state index < -0.39 is 61.9 Å². The molecule has 2 saturated heterocycles. The van der Waals surface area contributed by atoms with Gasteiger partial charge in [-0.15, -0.1) is 0 Å². The van der Waals surface area contributed by atoms with Crippen molar-refractivity contribution < 1.29 is 43.7 Å². The van der Waals surface area contributed by atoms with E-state index in [1.54, 1.807) is 0 Å². The number of imidazole rings is 1. The fourth-order valence-corrected chi connectivity index (χ4v) is 6.50. The largest absolute Gasteiger partial charge is 0.394 e. The van der Waals surface area contributed by atoms with E-state index in [9.17, 15) is 15.3 Å². The summed E-state index contributed by atoms with van der Waals surface area (Å²) in [5.74, 6) is -0.00206. The molecule has 0 spiro atoms. The number of nitrogens with zero attached hydrogens (tertiary/aromatic N) is 4. The third kappa shape index (κ3) is 7.92. The zero-order valence-electron chi connectivity index (χ0n) is 28.2. The molecule has 4 heterocycles. The normalized spacial score (nSPS) is 27.6. The summed E-state index contributed by atoms with van der Waals surface area (Å²) in [6, 6.07) is 28.6. The highest BCUT2D eigenvalue weighted by molar-refractivity contribution is 5.82. The Labute approximate surface area is 299 Å². The van der Waals surface area contributed by atoms with Crippen molar-refractivity contribution in [2.75, 3.05) is 24.7 Å². The number of rotatable bonds is 14. The number of benzene rings is 3. The molecule has 7 N–H and O–H groups in total. The first-order valence-corrected chi connectivity index (χ1v) is 17.0. The van der Waals surface area contributed by atoms with Gasteiger partial charge in [-0.1, -0.05) is 91.0 Å². The number of hydrogen-bond acceptors (Lipinski definition) is 14. The van der Waals surface area contributed by atoms with Gasteiger partial charge in [-0.2, -0.15) is 9.97 Å². The summed E-state index contributed by atoms with van der Waals surface area (Å²) >= 11 is 0. The van der Waals surface area contributed by atoms with Gasteiger partial charge in [-0.3, -0.25) is 4.57 Å². The molecule has 3 aromatic carbocycles. The van der Waals surface area contributed by atoms with Gasteiger partial charge < -0.3 is 55.2 Å². The fourth-order valence-electron chi connectivity index (χ4n) is 6.50. The van der Waals surface area contributed by atoms with Crippen LogP contribution in [0.4, 0.5) is 11.8 Å². The molecule has 2 fully saturated rings. The van der Waals surface area contributed by atoms with Crippen LogP contribution in [-0.2, 0) is 48.2 Å². The summed E-state index contributed by atoms with van der Waals surface area (Å²) in [6.07, 6.45) is -8.59. The number of nitrogen functional groups attached to an aromatic ring is 2. The van der Waals surface area contributed by atoms with E-state index in [1.807, 2.05) is 91.0 Å². The van der Waals surface area contributed by atoms with Crippen molar-refractivity contribution in [3.63, 3.8) is 0 Å². The Balaban J connectivity index is 1.14. The van der Waals surface area contributed by atoms with Crippen LogP contribution >= 0.6 is 0 Å². The van der Waals surface area contributed by atoms with Gasteiger partial charge in [0, 0.05) is 0 Å². The van der Waals surface area contributed by atoms with Crippen LogP contribution < -0.4 is 11.5 Å². The second-order valence-corrected chi connectivity index (χ2v) is 12.7. The maximum Gasteiger partial charge on any atom is 0.224 e. The van der Waals surface area contributed by atoms with E-state index in [0.717, 1.165) is 16.7 Å². The van der Waals surface area contributed by atoms with Crippen molar-refractivity contribution in [1.82, 2.24) is 19.5 Å². The average Bonchev–Trinajstić information content (AvgIpc) is 3.72. The van der Waals surface area contributed by atoms with Crippen molar-refractivity contribution in [1.29, 1.82) is 0 Å². The average molecular weight is 715 g/mol. The molecule has 0 bridgehead atoms. The molecular weight excluding hydrogens is 672 g/mol. The molecule has 0 unspecified atom stereocenters. The van der Waals surface area contributed by atoms with Crippen LogP contribution in [0.25, 0.3) is 11.2 Å². The highest BCUT2D eigenvalue weighted by Crippen LogP contribution is 2.37. The van der Waals surface area contributed by atoms with Crippen molar-refractivity contribution in [2.24, 2.45) is 0 Å². The van der Waals surface area contributed by atoms with E-state index in [2.05, 4.69) is 15.0 Å². The smallest absolute Gasteiger partial charge is 0.224 e. The van der Waals surface area contributed by atoms with Crippen molar-refractivity contribution in [3.05, 3.63) is 114 Å². The Morgan fingerprint density at radius 3 is 1.90 bits per heavy atom. The second kappa shape index (κ2) is 16.4. The summed E-state index contributed by atoms with van der Waals surface area (Å²) < 4.78 is 39.1. The molecule has 0 aliphatic carbocycles. The van der Waals surface area contributed by atoms with Gasteiger partial charge in [0.15, 0.2) is 24.0 Å². The molecule has 274 valence electrons. The van der Waals surface area contributed by atoms with Gasteiger partial charge in [0.1, 0.15) is 48.2 Å². The number of fused-ring (bicyclic) bond motifs is 1. The lowest BCUT2D eigenvalue weighted by Gasteiger charge is -2.44. The summed E-state index contributed by atoms with van der Waals surface area (Å²) in [5.41, 5.74) is 15.2. The Kier molecular flexibility index (Phi) is 11.3. The topological polar surface area (TPSA) is 212 Å². The highest BCUT2D eigenvalue weighted by atomic mass is 16.7. The van der Waals surface area contributed by atoms with Crippen LogP contribution in [-0.4, -0.2) is 97.1 Å².